The fourth-order valence-corrected chi connectivity index (χ4v) is 3.05. The molecule has 0 aliphatic carbocycles. The van der Waals surface area contributed by atoms with E-state index < -0.39 is 0 Å². The molecule has 3 rings (SSSR count). The van der Waals surface area contributed by atoms with Crippen molar-refractivity contribution in [1.82, 2.24) is 0 Å². The van der Waals surface area contributed by atoms with Crippen LogP contribution in [0.2, 0.25) is 0 Å². The average Bonchev–Trinajstić information content (AvgIpc) is 3.09. The van der Waals surface area contributed by atoms with Crippen molar-refractivity contribution >= 4 is 28.9 Å². The van der Waals surface area contributed by atoms with Crippen LogP contribution in [0.1, 0.15) is 32.3 Å². The summed E-state index contributed by atoms with van der Waals surface area (Å²) in [5, 5.41) is 6.12. The molecule has 136 valence electrons. The minimum absolute atomic E-state index is 0.0898. The number of carbonyl (C=O) groups is 2. The Hall–Kier alpha value is -2.82. The average molecular weight is 351 g/mol. The van der Waals surface area contributed by atoms with Gasteiger partial charge < -0.3 is 15.5 Å². The Kier molecular flexibility index (Phi) is 5.56. The van der Waals surface area contributed by atoms with Crippen LogP contribution in [0.5, 0.6) is 0 Å². The molecule has 26 heavy (non-hydrogen) atoms. The standard InChI is InChI=1S/C21H25N3O2/c1-3-16-6-8-18(9-7-16)23-21(26)15(2)22-17-10-12-19(13-11-17)24-14-4-5-20(24)25/h6-13,15,22H,3-5,14H2,1-2H3,(H,23,26)/t15-/m1/s1. The Bertz CT molecular complexity index is 769. The van der Waals surface area contributed by atoms with Crippen LogP contribution in [0.4, 0.5) is 17.1 Å². The number of benzene rings is 2. The van der Waals surface area contributed by atoms with Gasteiger partial charge in [-0.25, -0.2) is 0 Å². The van der Waals surface area contributed by atoms with E-state index in [0.717, 1.165) is 36.4 Å². The molecule has 0 unspecified atom stereocenters. The minimum Gasteiger partial charge on any atom is -0.374 e. The maximum absolute atomic E-state index is 12.4. The molecule has 2 amide bonds. The highest BCUT2D eigenvalue weighted by molar-refractivity contribution is 5.97. The Morgan fingerprint density at radius 1 is 1.08 bits per heavy atom. The van der Waals surface area contributed by atoms with Crippen LogP contribution in [0.25, 0.3) is 0 Å². The van der Waals surface area contributed by atoms with Gasteiger partial charge in [0.25, 0.3) is 0 Å². The summed E-state index contributed by atoms with van der Waals surface area (Å²) in [5.41, 5.74) is 3.80. The van der Waals surface area contributed by atoms with E-state index in [0.29, 0.717) is 6.42 Å². The van der Waals surface area contributed by atoms with E-state index in [9.17, 15) is 9.59 Å². The van der Waals surface area contributed by atoms with E-state index in [-0.39, 0.29) is 17.9 Å². The summed E-state index contributed by atoms with van der Waals surface area (Å²) in [6.07, 6.45) is 2.51. The maximum atomic E-state index is 12.4. The Labute approximate surface area is 154 Å². The van der Waals surface area contributed by atoms with Crippen LogP contribution in [-0.2, 0) is 16.0 Å². The number of hydrogen-bond donors (Lipinski definition) is 2. The van der Waals surface area contributed by atoms with E-state index in [1.807, 2.05) is 55.5 Å². The van der Waals surface area contributed by atoms with Crippen molar-refractivity contribution in [2.45, 2.75) is 39.2 Å². The summed E-state index contributed by atoms with van der Waals surface area (Å²) in [4.78, 5) is 26.0. The second kappa shape index (κ2) is 8.04. The van der Waals surface area contributed by atoms with Crippen molar-refractivity contribution in [3.05, 3.63) is 54.1 Å². The van der Waals surface area contributed by atoms with Gasteiger partial charge in [-0.1, -0.05) is 19.1 Å². The summed E-state index contributed by atoms with van der Waals surface area (Å²) < 4.78 is 0. The van der Waals surface area contributed by atoms with Gasteiger partial charge in [0.05, 0.1) is 0 Å². The summed E-state index contributed by atoms with van der Waals surface area (Å²) in [7, 11) is 0. The Morgan fingerprint density at radius 3 is 2.31 bits per heavy atom. The quantitative estimate of drug-likeness (QED) is 0.832. The van der Waals surface area contributed by atoms with Crippen LogP contribution in [0.3, 0.4) is 0 Å². The van der Waals surface area contributed by atoms with Gasteiger partial charge >= 0.3 is 0 Å². The van der Waals surface area contributed by atoms with Crippen molar-refractivity contribution in [2.75, 3.05) is 22.1 Å². The molecule has 5 nitrogen and oxygen atoms in total. The van der Waals surface area contributed by atoms with Gasteiger partial charge in [-0.15, -0.1) is 0 Å². The molecule has 0 bridgehead atoms. The number of hydrogen-bond acceptors (Lipinski definition) is 3. The lowest BCUT2D eigenvalue weighted by Crippen LogP contribution is -2.31. The van der Waals surface area contributed by atoms with E-state index in [2.05, 4.69) is 17.6 Å². The van der Waals surface area contributed by atoms with Crippen molar-refractivity contribution < 1.29 is 9.59 Å². The predicted octanol–water partition coefficient (Wildman–Crippen LogP) is 3.81. The van der Waals surface area contributed by atoms with Crippen LogP contribution < -0.4 is 15.5 Å². The molecule has 2 aromatic carbocycles. The molecule has 1 aliphatic heterocycles. The number of nitrogens with one attached hydrogen (secondary N) is 2. The van der Waals surface area contributed by atoms with Crippen molar-refractivity contribution in [2.24, 2.45) is 0 Å². The molecular weight excluding hydrogens is 326 g/mol. The summed E-state index contributed by atoms with van der Waals surface area (Å²) in [6.45, 7) is 4.71. The predicted molar refractivity (Wildman–Crippen MR) is 106 cm³/mol. The molecule has 0 spiro atoms. The van der Waals surface area contributed by atoms with E-state index >= 15 is 0 Å². The highest BCUT2D eigenvalue weighted by Crippen LogP contribution is 2.23. The first-order valence-corrected chi connectivity index (χ1v) is 9.13. The third kappa shape index (κ3) is 4.23. The fraction of sp³-hybridized carbons (Fsp3) is 0.333. The molecule has 1 atom stereocenters. The van der Waals surface area contributed by atoms with E-state index in [1.54, 1.807) is 4.90 Å². The molecule has 1 aliphatic rings. The number of amides is 2. The number of carbonyl (C=O) groups excluding carboxylic acids is 2. The van der Waals surface area contributed by atoms with Crippen LogP contribution in [-0.4, -0.2) is 24.4 Å². The normalized spacial score (nSPS) is 15.0. The monoisotopic (exact) mass is 351 g/mol. The second-order valence-corrected chi connectivity index (χ2v) is 6.60. The van der Waals surface area contributed by atoms with Crippen molar-refractivity contribution in [3.8, 4) is 0 Å². The first-order valence-electron chi connectivity index (χ1n) is 9.13. The van der Waals surface area contributed by atoms with Gasteiger partial charge in [0.2, 0.25) is 11.8 Å². The van der Waals surface area contributed by atoms with Gasteiger partial charge in [-0.3, -0.25) is 9.59 Å². The zero-order chi connectivity index (χ0) is 18.5. The molecule has 5 heteroatoms. The minimum atomic E-state index is -0.375. The Morgan fingerprint density at radius 2 is 1.73 bits per heavy atom. The van der Waals surface area contributed by atoms with E-state index in [4.69, 9.17) is 0 Å². The van der Waals surface area contributed by atoms with E-state index in [1.165, 1.54) is 5.56 Å². The lowest BCUT2D eigenvalue weighted by Gasteiger charge is -2.18. The molecule has 2 N–H and O–H groups in total. The number of rotatable bonds is 6. The van der Waals surface area contributed by atoms with Crippen LogP contribution >= 0.6 is 0 Å². The molecule has 1 fully saturated rings. The van der Waals surface area contributed by atoms with Gasteiger partial charge in [-0.05, 0) is 61.7 Å². The lowest BCUT2D eigenvalue weighted by molar-refractivity contribution is -0.117. The molecule has 1 heterocycles. The number of nitrogens with zero attached hydrogens (tertiary/aromatic N) is 1. The third-order valence-corrected chi connectivity index (χ3v) is 4.66. The molecule has 0 saturated carbocycles. The highest BCUT2D eigenvalue weighted by Gasteiger charge is 2.21. The summed E-state index contributed by atoms with van der Waals surface area (Å²) in [6, 6.07) is 15.1. The zero-order valence-corrected chi connectivity index (χ0v) is 15.3. The van der Waals surface area contributed by atoms with Gasteiger partial charge in [0, 0.05) is 30.0 Å². The van der Waals surface area contributed by atoms with Crippen LogP contribution in [0, 0.1) is 0 Å². The molecule has 2 aromatic rings. The molecular formula is C21H25N3O2. The maximum Gasteiger partial charge on any atom is 0.246 e. The molecule has 0 radical (unpaired) electrons. The van der Waals surface area contributed by atoms with Crippen molar-refractivity contribution in [1.29, 1.82) is 0 Å². The highest BCUT2D eigenvalue weighted by atomic mass is 16.2. The number of anilines is 3. The first kappa shape index (κ1) is 18.0. The SMILES string of the molecule is CCc1ccc(NC(=O)[C@@H](C)Nc2ccc(N3CCCC3=O)cc2)cc1. The first-order chi connectivity index (χ1) is 12.6. The summed E-state index contributed by atoms with van der Waals surface area (Å²) in [5.74, 6) is 0.0839. The molecule has 1 saturated heterocycles. The smallest absolute Gasteiger partial charge is 0.246 e. The van der Waals surface area contributed by atoms with Crippen molar-refractivity contribution in [3.63, 3.8) is 0 Å². The molecule has 0 aromatic heterocycles. The topological polar surface area (TPSA) is 61.4 Å². The second-order valence-electron chi connectivity index (χ2n) is 6.60. The largest absolute Gasteiger partial charge is 0.374 e. The van der Waals surface area contributed by atoms with Gasteiger partial charge in [-0.2, -0.15) is 0 Å². The number of aryl methyl sites for hydroxylation is 1. The van der Waals surface area contributed by atoms with Gasteiger partial charge in [0.15, 0.2) is 0 Å². The summed E-state index contributed by atoms with van der Waals surface area (Å²) >= 11 is 0. The van der Waals surface area contributed by atoms with Gasteiger partial charge in [0.1, 0.15) is 6.04 Å². The fourth-order valence-electron chi connectivity index (χ4n) is 3.05. The third-order valence-electron chi connectivity index (χ3n) is 4.66. The lowest BCUT2D eigenvalue weighted by atomic mass is 10.1. The Balaban J connectivity index is 1.57. The zero-order valence-electron chi connectivity index (χ0n) is 15.3. The van der Waals surface area contributed by atoms with Crippen LogP contribution in [0.15, 0.2) is 48.5 Å².